The fourth-order valence-corrected chi connectivity index (χ4v) is 2.21. The first kappa shape index (κ1) is 17.5. The highest BCUT2D eigenvalue weighted by molar-refractivity contribution is 6.04. The lowest BCUT2D eigenvalue weighted by atomic mass is 10.1. The molecular formula is C19H22N2O3. The Morgan fingerprint density at radius 3 is 2.46 bits per heavy atom. The topological polar surface area (TPSA) is 67.4 Å². The fraction of sp³-hybridized carbons (Fsp3) is 0.263. The third-order valence-electron chi connectivity index (χ3n) is 3.53. The zero-order chi connectivity index (χ0) is 17.5. The molecule has 0 aliphatic heterocycles. The first-order valence-corrected chi connectivity index (χ1v) is 7.93. The van der Waals surface area contributed by atoms with E-state index in [-0.39, 0.29) is 11.8 Å². The van der Waals surface area contributed by atoms with E-state index in [1.54, 1.807) is 31.2 Å². The van der Waals surface area contributed by atoms with E-state index in [0.717, 1.165) is 5.56 Å². The number of amides is 2. The van der Waals surface area contributed by atoms with Crippen LogP contribution in [0.4, 0.5) is 5.69 Å². The molecule has 0 bridgehead atoms. The van der Waals surface area contributed by atoms with E-state index in [9.17, 15) is 9.59 Å². The van der Waals surface area contributed by atoms with Crippen LogP contribution in [0.5, 0.6) is 5.75 Å². The minimum Gasteiger partial charge on any atom is -0.481 e. The monoisotopic (exact) mass is 326 g/mol. The van der Waals surface area contributed by atoms with Crippen LogP contribution in [0.2, 0.25) is 0 Å². The number of aryl methyl sites for hydroxylation is 1. The van der Waals surface area contributed by atoms with Gasteiger partial charge in [-0.05, 0) is 44.5 Å². The molecule has 0 aliphatic rings. The number of carbonyl (C=O) groups is 2. The van der Waals surface area contributed by atoms with E-state index in [2.05, 4.69) is 10.6 Å². The highest BCUT2D eigenvalue weighted by Gasteiger charge is 2.18. The number of para-hydroxylation sites is 2. The maximum absolute atomic E-state index is 12.4. The zero-order valence-electron chi connectivity index (χ0n) is 14.1. The number of ether oxygens (including phenoxy) is 1. The molecule has 2 amide bonds. The molecule has 1 atom stereocenters. The van der Waals surface area contributed by atoms with Crippen molar-refractivity contribution in [1.82, 2.24) is 5.32 Å². The summed E-state index contributed by atoms with van der Waals surface area (Å²) in [6.07, 6.45) is -0.687. The maximum atomic E-state index is 12.4. The lowest BCUT2D eigenvalue weighted by Gasteiger charge is -2.17. The summed E-state index contributed by atoms with van der Waals surface area (Å²) in [7, 11) is 0. The Balaban J connectivity index is 2.09. The van der Waals surface area contributed by atoms with Crippen LogP contribution in [0.25, 0.3) is 0 Å². The number of anilines is 1. The second-order valence-corrected chi connectivity index (χ2v) is 5.42. The minimum atomic E-state index is -0.687. The smallest absolute Gasteiger partial charge is 0.265 e. The van der Waals surface area contributed by atoms with Gasteiger partial charge >= 0.3 is 0 Å². The molecule has 24 heavy (non-hydrogen) atoms. The normalized spacial score (nSPS) is 11.5. The summed E-state index contributed by atoms with van der Waals surface area (Å²) < 4.78 is 5.71. The Morgan fingerprint density at radius 2 is 1.75 bits per heavy atom. The molecule has 2 aromatic carbocycles. The summed E-state index contributed by atoms with van der Waals surface area (Å²) >= 11 is 0. The van der Waals surface area contributed by atoms with Crippen LogP contribution in [0.15, 0.2) is 48.5 Å². The Hall–Kier alpha value is -2.82. The van der Waals surface area contributed by atoms with Crippen LogP contribution in [-0.2, 0) is 4.79 Å². The Bertz CT molecular complexity index is 728. The number of hydrogen-bond donors (Lipinski definition) is 2. The summed E-state index contributed by atoms with van der Waals surface area (Å²) in [5.41, 5.74) is 1.85. The van der Waals surface area contributed by atoms with E-state index in [1.165, 1.54) is 0 Å². The average molecular weight is 326 g/mol. The number of rotatable bonds is 6. The van der Waals surface area contributed by atoms with Gasteiger partial charge in [0.25, 0.3) is 11.8 Å². The third kappa shape index (κ3) is 4.35. The molecule has 0 fully saturated rings. The van der Waals surface area contributed by atoms with Crippen LogP contribution in [0.3, 0.4) is 0 Å². The Labute approximate surface area is 142 Å². The molecule has 126 valence electrons. The van der Waals surface area contributed by atoms with Gasteiger partial charge < -0.3 is 15.4 Å². The summed E-state index contributed by atoms with van der Waals surface area (Å²) in [6, 6.07) is 14.4. The molecule has 2 aromatic rings. The van der Waals surface area contributed by atoms with Crippen LogP contribution < -0.4 is 15.4 Å². The molecule has 0 saturated carbocycles. The summed E-state index contributed by atoms with van der Waals surface area (Å²) in [5.74, 6) is 0.132. The van der Waals surface area contributed by atoms with Gasteiger partial charge in [-0.15, -0.1) is 0 Å². The quantitative estimate of drug-likeness (QED) is 0.857. The van der Waals surface area contributed by atoms with Gasteiger partial charge in [-0.3, -0.25) is 9.59 Å². The lowest BCUT2D eigenvalue weighted by Crippen LogP contribution is -2.32. The second-order valence-electron chi connectivity index (χ2n) is 5.42. The van der Waals surface area contributed by atoms with Gasteiger partial charge in [0.05, 0.1) is 11.3 Å². The van der Waals surface area contributed by atoms with Crippen molar-refractivity contribution >= 4 is 17.5 Å². The third-order valence-corrected chi connectivity index (χ3v) is 3.53. The molecule has 0 spiro atoms. The summed E-state index contributed by atoms with van der Waals surface area (Å²) in [6.45, 7) is 5.96. The first-order valence-electron chi connectivity index (χ1n) is 7.93. The SMILES string of the molecule is CCNC(=O)c1ccccc1NC(=O)C(C)Oc1ccccc1C. The molecule has 0 saturated heterocycles. The largest absolute Gasteiger partial charge is 0.481 e. The molecule has 0 aliphatic carbocycles. The van der Waals surface area contributed by atoms with Crippen molar-refractivity contribution in [2.45, 2.75) is 26.9 Å². The number of benzene rings is 2. The van der Waals surface area contributed by atoms with Crippen molar-refractivity contribution in [3.63, 3.8) is 0 Å². The first-order chi connectivity index (χ1) is 11.5. The van der Waals surface area contributed by atoms with E-state index in [1.807, 2.05) is 38.1 Å². The number of carbonyl (C=O) groups excluding carboxylic acids is 2. The van der Waals surface area contributed by atoms with Gasteiger partial charge in [-0.2, -0.15) is 0 Å². The predicted octanol–water partition coefficient (Wildman–Crippen LogP) is 3.15. The van der Waals surface area contributed by atoms with Gasteiger partial charge in [0, 0.05) is 6.54 Å². The van der Waals surface area contributed by atoms with E-state index in [4.69, 9.17) is 4.74 Å². The molecule has 0 heterocycles. The van der Waals surface area contributed by atoms with Crippen molar-refractivity contribution < 1.29 is 14.3 Å². The molecule has 2 N–H and O–H groups in total. The molecule has 0 radical (unpaired) electrons. The summed E-state index contributed by atoms with van der Waals surface area (Å²) in [5, 5.41) is 5.50. The maximum Gasteiger partial charge on any atom is 0.265 e. The molecule has 2 rings (SSSR count). The number of nitrogens with one attached hydrogen (secondary N) is 2. The van der Waals surface area contributed by atoms with Crippen molar-refractivity contribution in [3.05, 3.63) is 59.7 Å². The van der Waals surface area contributed by atoms with Crippen molar-refractivity contribution in [1.29, 1.82) is 0 Å². The van der Waals surface area contributed by atoms with Crippen LogP contribution in [0, 0.1) is 6.92 Å². The van der Waals surface area contributed by atoms with Crippen LogP contribution in [-0.4, -0.2) is 24.5 Å². The van der Waals surface area contributed by atoms with E-state index >= 15 is 0 Å². The van der Waals surface area contributed by atoms with Gasteiger partial charge in [0.1, 0.15) is 5.75 Å². The minimum absolute atomic E-state index is 0.221. The standard InChI is InChI=1S/C19H22N2O3/c1-4-20-19(23)15-10-6-7-11-16(15)21-18(22)14(3)24-17-12-8-5-9-13(17)2/h5-12,14H,4H2,1-3H3,(H,20,23)(H,21,22). The van der Waals surface area contributed by atoms with Gasteiger partial charge in [-0.25, -0.2) is 0 Å². The number of hydrogen-bond acceptors (Lipinski definition) is 3. The van der Waals surface area contributed by atoms with Crippen molar-refractivity contribution in [2.24, 2.45) is 0 Å². The lowest BCUT2D eigenvalue weighted by molar-refractivity contribution is -0.122. The highest BCUT2D eigenvalue weighted by atomic mass is 16.5. The Morgan fingerprint density at radius 1 is 1.08 bits per heavy atom. The molecule has 5 heteroatoms. The second kappa shape index (κ2) is 8.15. The Kier molecular flexibility index (Phi) is 5.95. The van der Waals surface area contributed by atoms with Gasteiger partial charge in [0.15, 0.2) is 6.10 Å². The van der Waals surface area contributed by atoms with Crippen molar-refractivity contribution in [2.75, 3.05) is 11.9 Å². The van der Waals surface area contributed by atoms with Crippen LogP contribution in [0.1, 0.15) is 29.8 Å². The molecule has 5 nitrogen and oxygen atoms in total. The van der Waals surface area contributed by atoms with Gasteiger partial charge in [-0.1, -0.05) is 30.3 Å². The highest BCUT2D eigenvalue weighted by Crippen LogP contribution is 2.19. The molecule has 0 aromatic heterocycles. The average Bonchev–Trinajstić information content (AvgIpc) is 2.57. The van der Waals surface area contributed by atoms with E-state index in [0.29, 0.717) is 23.5 Å². The zero-order valence-corrected chi connectivity index (χ0v) is 14.1. The molecular weight excluding hydrogens is 304 g/mol. The fourth-order valence-electron chi connectivity index (χ4n) is 2.21. The van der Waals surface area contributed by atoms with Crippen molar-refractivity contribution in [3.8, 4) is 5.75 Å². The molecule has 1 unspecified atom stereocenters. The van der Waals surface area contributed by atoms with Gasteiger partial charge in [0.2, 0.25) is 0 Å². The van der Waals surface area contributed by atoms with Crippen LogP contribution >= 0.6 is 0 Å². The summed E-state index contributed by atoms with van der Waals surface area (Å²) in [4.78, 5) is 24.5. The predicted molar refractivity (Wildman–Crippen MR) is 94.3 cm³/mol. The van der Waals surface area contributed by atoms with E-state index < -0.39 is 6.10 Å².